The Bertz CT molecular complexity index is 503. The monoisotopic (exact) mass is 259 g/mol. The molecule has 19 heavy (non-hydrogen) atoms. The van der Waals surface area contributed by atoms with Crippen molar-refractivity contribution in [3.8, 4) is 0 Å². The van der Waals surface area contributed by atoms with Gasteiger partial charge in [-0.3, -0.25) is 4.79 Å². The molecule has 3 amide bonds. The van der Waals surface area contributed by atoms with Gasteiger partial charge in [0.05, 0.1) is 6.04 Å². The summed E-state index contributed by atoms with van der Waals surface area (Å²) in [6, 6.07) is 9.53. The van der Waals surface area contributed by atoms with Gasteiger partial charge in [0.2, 0.25) is 0 Å². The Morgan fingerprint density at radius 1 is 1.16 bits per heavy atom. The van der Waals surface area contributed by atoms with Crippen LogP contribution < -0.4 is 0 Å². The number of hydrogen-bond donors (Lipinski definition) is 0. The van der Waals surface area contributed by atoms with Crippen molar-refractivity contribution < 1.29 is 9.59 Å². The van der Waals surface area contributed by atoms with Crippen molar-refractivity contribution >= 4 is 11.9 Å². The first kappa shape index (κ1) is 12.0. The first-order valence-corrected chi connectivity index (χ1v) is 6.53. The molecule has 0 N–H and O–H groups in total. The molecule has 0 saturated carbocycles. The van der Waals surface area contributed by atoms with Crippen LogP contribution >= 0.6 is 0 Å². The third kappa shape index (κ3) is 2.05. The number of urea groups is 1. The number of amides is 3. The molecular weight excluding hydrogens is 242 g/mol. The summed E-state index contributed by atoms with van der Waals surface area (Å²) in [5.41, 5.74) is 0.716. The molecule has 0 aromatic heterocycles. The Balaban J connectivity index is 1.72. The first-order chi connectivity index (χ1) is 9.16. The van der Waals surface area contributed by atoms with E-state index in [1.165, 1.54) is 0 Å². The molecular formula is C14H17N3O2. The quantitative estimate of drug-likeness (QED) is 0.751. The standard InChI is InChI=1S/C14H17N3O2/c1-15-9-12-10-16(7-8-17(12)14(15)19)13(18)11-5-3-2-4-6-11/h2-6,12H,7-10H2,1H3/t12-/m0/s1. The second-order valence-corrected chi connectivity index (χ2v) is 5.13. The van der Waals surface area contributed by atoms with Gasteiger partial charge < -0.3 is 14.7 Å². The summed E-state index contributed by atoms with van der Waals surface area (Å²) in [5, 5.41) is 0. The molecule has 1 atom stereocenters. The fraction of sp³-hybridized carbons (Fsp3) is 0.429. The van der Waals surface area contributed by atoms with E-state index in [1.54, 1.807) is 4.90 Å². The molecule has 2 aliphatic heterocycles. The van der Waals surface area contributed by atoms with Crippen LogP contribution in [0.4, 0.5) is 4.79 Å². The minimum atomic E-state index is 0.0576. The molecule has 2 heterocycles. The Morgan fingerprint density at radius 2 is 1.89 bits per heavy atom. The average Bonchev–Trinajstić information content (AvgIpc) is 2.74. The smallest absolute Gasteiger partial charge is 0.320 e. The highest BCUT2D eigenvalue weighted by Gasteiger charge is 2.39. The fourth-order valence-corrected chi connectivity index (χ4v) is 2.82. The molecule has 0 unspecified atom stereocenters. The second kappa shape index (κ2) is 4.57. The molecule has 2 aliphatic rings. The molecule has 0 radical (unpaired) electrons. The van der Waals surface area contributed by atoms with Crippen LogP contribution in [0, 0.1) is 0 Å². The molecule has 3 rings (SSSR count). The number of hydrogen-bond acceptors (Lipinski definition) is 2. The van der Waals surface area contributed by atoms with E-state index in [0.29, 0.717) is 31.7 Å². The fourth-order valence-electron chi connectivity index (χ4n) is 2.82. The maximum absolute atomic E-state index is 12.4. The number of rotatable bonds is 1. The maximum atomic E-state index is 12.4. The zero-order valence-corrected chi connectivity index (χ0v) is 11.0. The van der Waals surface area contributed by atoms with Gasteiger partial charge in [-0.2, -0.15) is 0 Å². The van der Waals surface area contributed by atoms with E-state index in [4.69, 9.17) is 0 Å². The van der Waals surface area contributed by atoms with Crippen molar-refractivity contribution in [2.45, 2.75) is 6.04 Å². The minimum absolute atomic E-state index is 0.0576. The average molecular weight is 259 g/mol. The molecule has 2 saturated heterocycles. The lowest BCUT2D eigenvalue weighted by Gasteiger charge is -2.36. The minimum Gasteiger partial charge on any atom is -0.335 e. The summed E-state index contributed by atoms with van der Waals surface area (Å²) in [4.78, 5) is 29.6. The number of carbonyl (C=O) groups is 2. The number of fused-ring (bicyclic) bond motifs is 1. The van der Waals surface area contributed by atoms with Crippen LogP contribution in [0.3, 0.4) is 0 Å². The molecule has 2 fully saturated rings. The molecule has 5 nitrogen and oxygen atoms in total. The molecule has 5 heteroatoms. The Hall–Kier alpha value is -2.04. The van der Waals surface area contributed by atoms with Gasteiger partial charge in [-0.25, -0.2) is 4.79 Å². The van der Waals surface area contributed by atoms with E-state index in [9.17, 15) is 9.59 Å². The van der Waals surface area contributed by atoms with Crippen LogP contribution in [0.1, 0.15) is 10.4 Å². The first-order valence-electron chi connectivity index (χ1n) is 6.53. The highest BCUT2D eigenvalue weighted by molar-refractivity contribution is 5.94. The Morgan fingerprint density at radius 3 is 2.63 bits per heavy atom. The summed E-state index contributed by atoms with van der Waals surface area (Å²) in [6.45, 7) is 2.58. The van der Waals surface area contributed by atoms with Gasteiger partial charge in [-0.1, -0.05) is 18.2 Å². The van der Waals surface area contributed by atoms with E-state index in [2.05, 4.69) is 0 Å². The molecule has 0 aliphatic carbocycles. The lowest BCUT2D eigenvalue weighted by Crippen LogP contribution is -2.53. The summed E-state index contributed by atoms with van der Waals surface area (Å²) >= 11 is 0. The molecule has 1 aromatic carbocycles. The number of piperazine rings is 1. The largest absolute Gasteiger partial charge is 0.335 e. The maximum Gasteiger partial charge on any atom is 0.320 e. The predicted octanol–water partition coefficient (Wildman–Crippen LogP) is 0.878. The summed E-state index contributed by atoms with van der Waals surface area (Å²) in [5.74, 6) is 0.0576. The van der Waals surface area contributed by atoms with Gasteiger partial charge >= 0.3 is 6.03 Å². The molecule has 100 valence electrons. The van der Waals surface area contributed by atoms with Crippen molar-refractivity contribution in [3.05, 3.63) is 35.9 Å². The Labute approximate surface area is 112 Å². The van der Waals surface area contributed by atoms with Crippen LogP contribution in [0.15, 0.2) is 30.3 Å². The molecule has 0 bridgehead atoms. The summed E-state index contributed by atoms with van der Waals surface area (Å²) in [6.07, 6.45) is 0. The highest BCUT2D eigenvalue weighted by atomic mass is 16.2. The zero-order valence-electron chi connectivity index (χ0n) is 11.0. The number of likely N-dealkylation sites (N-methyl/N-ethyl adjacent to an activating group) is 1. The lowest BCUT2D eigenvalue weighted by molar-refractivity contribution is 0.0617. The summed E-state index contributed by atoms with van der Waals surface area (Å²) < 4.78 is 0. The topological polar surface area (TPSA) is 43.9 Å². The lowest BCUT2D eigenvalue weighted by atomic mass is 10.1. The van der Waals surface area contributed by atoms with Crippen molar-refractivity contribution in [1.29, 1.82) is 0 Å². The van der Waals surface area contributed by atoms with Crippen molar-refractivity contribution in [2.24, 2.45) is 0 Å². The van der Waals surface area contributed by atoms with E-state index in [1.807, 2.05) is 47.2 Å². The van der Waals surface area contributed by atoms with Gasteiger partial charge in [0.25, 0.3) is 5.91 Å². The van der Waals surface area contributed by atoms with Crippen molar-refractivity contribution in [3.63, 3.8) is 0 Å². The van der Waals surface area contributed by atoms with Crippen molar-refractivity contribution in [2.75, 3.05) is 33.2 Å². The van der Waals surface area contributed by atoms with Gasteiger partial charge in [0.15, 0.2) is 0 Å². The Kier molecular flexibility index (Phi) is 2.89. The van der Waals surface area contributed by atoms with Crippen LogP contribution in [-0.2, 0) is 0 Å². The summed E-state index contributed by atoms with van der Waals surface area (Å²) in [7, 11) is 1.81. The third-order valence-electron chi connectivity index (χ3n) is 3.85. The van der Waals surface area contributed by atoms with Crippen LogP contribution in [0.25, 0.3) is 0 Å². The predicted molar refractivity (Wildman–Crippen MR) is 70.9 cm³/mol. The van der Waals surface area contributed by atoms with Crippen LogP contribution in [0.2, 0.25) is 0 Å². The van der Waals surface area contributed by atoms with Gasteiger partial charge in [0, 0.05) is 38.8 Å². The van der Waals surface area contributed by atoms with Gasteiger partial charge in [0.1, 0.15) is 0 Å². The van der Waals surface area contributed by atoms with E-state index in [-0.39, 0.29) is 18.0 Å². The van der Waals surface area contributed by atoms with Crippen LogP contribution in [0.5, 0.6) is 0 Å². The van der Waals surface area contributed by atoms with E-state index in [0.717, 1.165) is 0 Å². The highest BCUT2D eigenvalue weighted by Crippen LogP contribution is 2.20. The normalized spacial score (nSPS) is 22.7. The SMILES string of the molecule is CN1C[C@H]2CN(C(=O)c3ccccc3)CCN2C1=O. The third-order valence-corrected chi connectivity index (χ3v) is 3.85. The van der Waals surface area contributed by atoms with E-state index < -0.39 is 0 Å². The second-order valence-electron chi connectivity index (χ2n) is 5.13. The van der Waals surface area contributed by atoms with Gasteiger partial charge in [-0.05, 0) is 12.1 Å². The van der Waals surface area contributed by atoms with Crippen LogP contribution in [-0.4, -0.2) is 65.9 Å². The van der Waals surface area contributed by atoms with E-state index >= 15 is 0 Å². The number of benzene rings is 1. The number of nitrogens with zero attached hydrogens (tertiary/aromatic N) is 3. The number of carbonyl (C=O) groups excluding carboxylic acids is 2. The zero-order chi connectivity index (χ0) is 13.4. The van der Waals surface area contributed by atoms with Gasteiger partial charge in [-0.15, -0.1) is 0 Å². The molecule has 1 aromatic rings. The van der Waals surface area contributed by atoms with Crippen molar-refractivity contribution in [1.82, 2.24) is 14.7 Å². The molecule has 0 spiro atoms.